The van der Waals surface area contributed by atoms with Gasteiger partial charge in [-0.15, -0.1) is 0 Å². The van der Waals surface area contributed by atoms with E-state index in [1.165, 1.54) is 0 Å². The van der Waals surface area contributed by atoms with Crippen LogP contribution in [0, 0.1) is 0 Å². The van der Waals surface area contributed by atoms with Crippen LogP contribution in [0.3, 0.4) is 0 Å². The predicted octanol–water partition coefficient (Wildman–Crippen LogP) is 2.28. The first kappa shape index (κ1) is 14.3. The minimum absolute atomic E-state index is 0.0414. The molecular weight excluding hydrogens is 308 g/mol. The molecule has 0 saturated carbocycles. The van der Waals surface area contributed by atoms with Crippen LogP contribution in [-0.4, -0.2) is 44.1 Å². The molecule has 0 unspecified atom stereocenters. The summed E-state index contributed by atoms with van der Waals surface area (Å²) in [6, 6.07) is 5.72. The van der Waals surface area contributed by atoms with Crippen molar-refractivity contribution in [1.82, 2.24) is 10.2 Å². The highest BCUT2D eigenvalue weighted by atomic mass is 79.9. The lowest BCUT2D eigenvalue weighted by atomic mass is 10.0. The van der Waals surface area contributed by atoms with Crippen LogP contribution in [0.1, 0.15) is 23.2 Å². The minimum atomic E-state index is -0.0414. The van der Waals surface area contributed by atoms with Gasteiger partial charge in [0.1, 0.15) is 5.75 Å². The van der Waals surface area contributed by atoms with Gasteiger partial charge in [0.25, 0.3) is 5.91 Å². The number of hydrogen-bond donors (Lipinski definition) is 1. The van der Waals surface area contributed by atoms with Gasteiger partial charge in [-0.05, 0) is 61.0 Å². The largest absolute Gasteiger partial charge is 0.496 e. The van der Waals surface area contributed by atoms with Gasteiger partial charge in [0.2, 0.25) is 0 Å². The Morgan fingerprint density at radius 2 is 2.11 bits per heavy atom. The van der Waals surface area contributed by atoms with Crippen molar-refractivity contribution in [2.45, 2.75) is 18.9 Å². The number of nitrogens with one attached hydrogen (secondary N) is 1. The number of hydrogen-bond acceptors (Lipinski definition) is 3. The van der Waals surface area contributed by atoms with Crippen molar-refractivity contribution in [3.8, 4) is 5.75 Å². The Morgan fingerprint density at radius 3 is 2.74 bits per heavy atom. The van der Waals surface area contributed by atoms with Crippen LogP contribution < -0.4 is 10.1 Å². The van der Waals surface area contributed by atoms with E-state index in [0.29, 0.717) is 15.8 Å². The zero-order valence-electron chi connectivity index (χ0n) is 11.3. The SMILES string of the molecule is COc1cccc(C(=O)NC2CCN(C)CC2)c1Br. The minimum Gasteiger partial charge on any atom is -0.496 e. The second-order valence-electron chi connectivity index (χ2n) is 4.87. The second-order valence-corrected chi connectivity index (χ2v) is 5.67. The van der Waals surface area contributed by atoms with E-state index in [9.17, 15) is 4.79 Å². The summed E-state index contributed by atoms with van der Waals surface area (Å²) in [7, 11) is 3.70. The average Bonchev–Trinajstić information content (AvgIpc) is 2.41. The number of methoxy groups -OCH3 is 1. The van der Waals surface area contributed by atoms with Crippen molar-refractivity contribution in [1.29, 1.82) is 0 Å². The molecule has 1 aromatic carbocycles. The number of halogens is 1. The van der Waals surface area contributed by atoms with Gasteiger partial charge in [-0.1, -0.05) is 6.07 Å². The number of carbonyl (C=O) groups is 1. The molecule has 0 bridgehead atoms. The van der Waals surface area contributed by atoms with Crippen LogP contribution in [-0.2, 0) is 0 Å². The molecule has 2 rings (SSSR count). The molecule has 1 amide bonds. The standard InChI is InChI=1S/C14H19BrN2O2/c1-17-8-6-10(7-9-17)16-14(18)11-4-3-5-12(19-2)13(11)15/h3-5,10H,6-9H2,1-2H3,(H,16,18). The molecular formula is C14H19BrN2O2. The molecule has 1 saturated heterocycles. The summed E-state index contributed by atoms with van der Waals surface area (Å²) in [5.41, 5.74) is 0.623. The van der Waals surface area contributed by atoms with Crippen LogP contribution >= 0.6 is 15.9 Å². The number of piperidine rings is 1. The van der Waals surface area contributed by atoms with Gasteiger partial charge in [0.15, 0.2) is 0 Å². The van der Waals surface area contributed by atoms with Gasteiger partial charge >= 0.3 is 0 Å². The molecule has 1 aliphatic heterocycles. The summed E-state index contributed by atoms with van der Waals surface area (Å²) in [5.74, 6) is 0.636. The van der Waals surface area contributed by atoms with Crippen LogP contribution in [0.15, 0.2) is 22.7 Å². The molecule has 1 aliphatic rings. The van der Waals surface area contributed by atoms with Crippen LogP contribution in [0.2, 0.25) is 0 Å². The van der Waals surface area contributed by atoms with Crippen molar-refractivity contribution >= 4 is 21.8 Å². The first-order chi connectivity index (χ1) is 9.11. The van der Waals surface area contributed by atoms with E-state index in [4.69, 9.17) is 4.74 Å². The molecule has 0 aromatic heterocycles. The van der Waals surface area contributed by atoms with E-state index >= 15 is 0 Å². The second kappa shape index (κ2) is 6.39. The third-order valence-electron chi connectivity index (χ3n) is 3.48. The smallest absolute Gasteiger partial charge is 0.252 e. The number of amides is 1. The third kappa shape index (κ3) is 3.48. The molecule has 104 valence electrons. The van der Waals surface area contributed by atoms with Crippen molar-refractivity contribution < 1.29 is 9.53 Å². The van der Waals surface area contributed by atoms with Crippen molar-refractivity contribution in [2.75, 3.05) is 27.2 Å². The summed E-state index contributed by atoms with van der Waals surface area (Å²) in [6.07, 6.45) is 2.01. The van der Waals surface area contributed by atoms with E-state index < -0.39 is 0 Å². The molecule has 0 aliphatic carbocycles. The first-order valence-corrected chi connectivity index (χ1v) is 7.23. The average molecular weight is 327 g/mol. The van der Waals surface area contributed by atoms with E-state index in [-0.39, 0.29) is 11.9 Å². The molecule has 0 radical (unpaired) electrons. The summed E-state index contributed by atoms with van der Waals surface area (Å²) in [6.45, 7) is 2.06. The lowest BCUT2D eigenvalue weighted by Gasteiger charge is -2.29. The van der Waals surface area contributed by atoms with Crippen LogP contribution in [0.5, 0.6) is 5.75 Å². The van der Waals surface area contributed by atoms with Crippen molar-refractivity contribution in [2.24, 2.45) is 0 Å². The molecule has 1 N–H and O–H groups in total. The monoisotopic (exact) mass is 326 g/mol. The fraction of sp³-hybridized carbons (Fsp3) is 0.500. The molecule has 5 heteroatoms. The molecule has 4 nitrogen and oxygen atoms in total. The number of likely N-dealkylation sites (tertiary alicyclic amines) is 1. The highest BCUT2D eigenvalue weighted by Gasteiger charge is 2.20. The van der Waals surface area contributed by atoms with Gasteiger partial charge in [-0.25, -0.2) is 0 Å². The van der Waals surface area contributed by atoms with Crippen molar-refractivity contribution in [3.63, 3.8) is 0 Å². The maximum Gasteiger partial charge on any atom is 0.252 e. The van der Waals surface area contributed by atoms with Crippen LogP contribution in [0.4, 0.5) is 0 Å². The van der Waals surface area contributed by atoms with E-state index in [1.54, 1.807) is 13.2 Å². The lowest BCUT2D eigenvalue weighted by Crippen LogP contribution is -2.43. The predicted molar refractivity (Wildman–Crippen MR) is 78.7 cm³/mol. The molecule has 1 fully saturated rings. The van der Waals surface area contributed by atoms with Crippen molar-refractivity contribution in [3.05, 3.63) is 28.2 Å². The summed E-state index contributed by atoms with van der Waals surface area (Å²) in [5, 5.41) is 3.10. The van der Waals surface area contributed by atoms with Gasteiger partial charge < -0.3 is 15.0 Å². The van der Waals surface area contributed by atoms with E-state index in [0.717, 1.165) is 25.9 Å². The third-order valence-corrected chi connectivity index (χ3v) is 4.30. The van der Waals surface area contributed by atoms with Gasteiger partial charge in [-0.3, -0.25) is 4.79 Å². The lowest BCUT2D eigenvalue weighted by molar-refractivity contribution is 0.0915. The Balaban J connectivity index is 2.04. The summed E-state index contributed by atoms with van der Waals surface area (Å²) >= 11 is 3.42. The maximum absolute atomic E-state index is 12.3. The highest BCUT2D eigenvalue weighted by molar-refractivity contribution is 9.10. The Hall–Kier alpha value is -1.07. The van der Waals surface area contributed by atoms with Gasteiger partial charge in [0.05, 0.1) is 17.1 Å². The Labute approximate surface area is 122 Å². The Morgan fingerprint density at radius 1 is 1.42 bits per heavy atom. The topological polar surface area (TPSA) is 41.6 Å². The Kier molecular flexibility index (Phi) is 4.82. The fourth-order valence-corrected chi connectivity index (χ4v) is 2.87. The first-order valence-electron chi connectivity index (χ1n) is 6.43. The molecule has 0 spiro atoms. The highest BCUT2D eigenvalue weighted by Crippen LogP contribution is 2.28. The summed E-state index contributed by atoms with van der Waals surface area (Å²) < 4.78 is 5.92. The number of carbonyl (C=O) groups excluding carboxylic acids is 1. The fourth-order valence-electron chi connectivity index (χ4n) is 2.26. The number of benzene rings is 1. The Bertz CT molecular complexity index is 457. The number of nitrogens with zero attached hydrogens (tertiary/aromatic N) is 1. The molecule has 1 aromatic rings. The zero-order valence-corrected chi connectivity index (χ0v) is 12.9. The number of ether oxygens (including phenoxy) is 1. The van der Waals surface area contributed by atoms with E-state index in [1.807, 2.05) is 12.1 Å². The number of rotatable bonds is 3. The normalized spacial score (nSPS) is 17.2. The quantitative estimate of drug-likeness (QED) is 0.926. The maximum atomic E-state index is 12.3. The van der Waals surface area contributed by atoms with Gasteiger partial charge in [-0.2, -0.15) is 0 Å². The molecule has 1 heterocycles. The summed E-state index contributed by atoms with van der Waals surface area (Å²) in [4.78, 5) is 14.6. The zero-order chi connectivity index (χ0) is 13.8. The molecule has 0 atom stereocenters. The van der Waals surface area contributed by atoms with E-state index in [2.05, 4.69) is 33.2 Å². The van der Waals surface area contributed by atoms with Gasteiger partial charge in [0, 0.05) is 6.04 Å². The molecule has 19 heavy (non-hydrogen) atoms. The van der Waals surface area contributed by atoms with Crippen LogP contribution in [0.25, 0.3) is 0 Å².